The minimum absolute atomic E-state index is 0.268. The number of hydrogen-bond donors (Lipinski definition) is 2. The van der Waals surface area contributed by atoms with E-state index in [4.69, 9.17) is 10.8 Å². The van der Waals surface area contributed by atoms with Crippen molar-refractivity contribution >= 4 is 17.4 Å². The smallest absolute Gasteiger partial charge is 0.0464 e. The molecule has 0 spiro atoms. The van der Waals surface area contributed by atoms with Crippen LogP contribution in [0.2, 0.25) is 0 Å². The fourth-order valence-electron chi connectivity index (χ4n) is 1.11. The maximum absolute atomic E-state index is 8.84. The molecular weight excluding hydrogens is 194 g/mol. The van der Waals surface area contributed by atoms with Crippen molar-refractivity contribution in [1.29, 1.82) is 0 Å². The van der Waals surface area contributed by atoms with Gasteiger partial charge in [-0.1, -0.05) is 19.1 Å². The fraction of sp³-hybridized carbons (Fsp3) is 0.455. The summed E-state index contributed by atoms with van der Waals surface area (Å²) in [6, 6.07) is 7.94. The molecule has 1 aromatic rings. The van der Waals surface area contributed by atoms with Gasteiger partial charge in [-0.25, -0.2) is 0 Å². The van der Waals surface area contributed by atoms with E-state index in [9.17, 15) is 0 Å². The third-order valence-electron chi connectivity index (χ3n) is 1.93. The Bertz CT molecular complexity index is 278. The molecule has 0 aromatic heterocycles. The van der Waals surface area contributed by atoms with Crippen LogP contribution < -0.4 is 5.73 Å². The lowest BCUT2D eigenvalue weighted by Gasteiger charge is -2.07. The summed E-state index contributed by atoms with van der Waals surface area (Å²) in [5.41, 5.74) is 7.74. The van der Waals surface area contributed by atoms with Crippen LogP contribution in [0.15, 0.2) is 24.3 Å². The molecule has 14 heavy (non-hydrogen) atoms. The molecule has 1 unspecified atom stereocenters. The molecule has 0 aliphatic rings. The number of hydrogen-bond acceptors (Lipinski definition) is 3. The molecule has 0 bridgehead atoms. The molecule has 0 saturated carbocycles. The third-order valence-corrected chi connectivity index (χ3v) is 3.28. The zero-order chi connectivity index (χ0) is 10.4. The second-order valence-electron chi connectivity index (χ2n) is 3.55. The summed E-state index contributed by atoms with van der Waals surface area (Å²) in [7, 11) is 0. The topological polar surface area (TPSA) is 46.2 Å². The zero-order valence-corrected chi connectivity index (χ0v) is 9.26. The van der Waals surface area contributed by atoms with Gasteiger partial charge in [0, 0.05) is 18.0 Å². The van der Waals surface area contributed by atoms with Crippen LogP contribution >= 0.6 is 11.8 Å². The Labute approximate surface area is 89.5 Å². The van der Waals surface area contributed by atoms with Gasteiger partial charge in [-0.15, -0.1) is 0 Å². The van der Waals surface area contributed by atoms with Crippen molar-refractivity contribution < 1.29 is 5.11 Å². The average Bonchev–Trinajstić information content (AvgIpc) is 2.17. The molecule has 2 nitrogen and oxygen atoms in total. The number of thioether (sulfide) groups is 1. The molecule has 3 N–H and O–H groups in total. The first-order valence-corrected chi connectivity index (χ1v) is 5.91. The second-order valence-corrected chi connectivity index (χ2v) is 4.58. The molecule has 0 aliphatic heterocycles. The highest BCUT2D eigenvalue weighted by molar-refractivity contribution is 7.98. The maximum atomic E-state index is 8.84. The van der Waals surface area contributed by atoms with Crippen LogP contribution in [0.25, 0.3) is 0 Å². The predicted molar refractivity (Wildman–Crippen MR) is 63.3 cm³/mol. The Kier molecular flexibility index (Phi) is 4.84. The summed E-state index contributed by atoms with van der Waals surface area (Å²) < 4.78 is 0. The lowest BCUT2D eigenvalue weighted by molar-refractivity contribution is 0.250. The Morgan fingerprint density at radius 2 is 2.29 bits per heavy atom. The highest BCUT2D eigenvalue weighted by atomic mass is 32.2. The number of benzene rings is 1. The number of aliphatic hydroxyl groups excluding tert-OH is 1. The monoisotopic (exact) mass is 211 g/mol. The molecule has 1 rings (SSSR count). The predicted octanol–water partition coefficient (Wildman–Crippen LogP) is 2.13. The summed E-state index contributed by atoms with van der Waals surface area (Å²) in [6.45, 7) is 2.32. The number of rotatable bonds is 5. The molecule has 1 aromatic carbocycles. The standard InChI is InChI=1S/C11H17NOS/c1-9(6-13)7-14-8-10-3-2-4-11(12)5-10/h2-5,9,13H,6-8,12H2,1H3. The lowest BCUT2D eigenvalue weighted by atomic mass is 10.2. The molecule has 0 amide bonds. The van der Waals surface area contributed by atoms with Gasteiger partial charge in [0.25, 0.3) is 0 Å². The van der Waals surface area contributed by atoms with Gasteiger partial charge >= 0.3 is 0 Å². The Morgan fingerprint density at radius 3 is 2.93 bits per heavy atom. The average molecular weight is 211 g/mol. The van der Waals surface area contributed by atoms with Crippen molar-refractivity contribution in [2.75, 3.05) is 18.1 Å². The molecule has 3 heteroatoms. The summed E-state index contributed by atoms with van der Waals surface area (Å²) in [6.07, 6.45) is 0. The van der Waals surface area contributed by atoms with E-state index in [2.05, 4.69) is 6.07 Å². The Balaban J connectivity index is 2.31. The van der Waals surface area contributed by atoms with E-state index in [1.54, 1.807) is 0 Å². The van der Waals surface area contributed by atoms with Crippen LogP contribution in [0.4, 0.5) is 5.69 Å². The molecule has 0 radical (unpaired) electrons. The molecule has 0 saturated heterocycles. The van der Waals surface area contributed by atoms with Crippen LogP contribution in [0.3, 0.4) is 0 Å². The van der Waals surface area contributed by atoms with Gasteiger partial charge in [0.15, 0.2) is 0 Å². The minimum Gasteiger partial charge on any atom is -0.399 e. The first kappa shape index (κ1) is 11.4. The molecule has 0 aliphatic carbocycles. The minimum atomic E-state index is 0.268. The second kappa shape index (κ2) is 5.94. The van der Waals surface area contributed by atoms with Crippen LogP contribution in [0.5, 0.6) is 0 Å². The lowest BCUT2D eigenvalue weighted by Crippen LogP contribution is -2.03. The fourth-order valence-corrected chi connectivity index (χ4v) is 2.15. The van der Waals surface area contributed by atoms with E-state index in [0.29, 0.717) is 5.92 Å². The van der Waals surface area contributed by atoms with E-state index in [-0.39, 0.29) is 6.61 Å². The number of aliphatic hydroxyl groups is 1. The molecule has 0 fully saturated rings. The Morgan fingerprint density at radius 1 is 1.50 bits per heavy atom. The molecule has 78 valence electrons. The number of nitrogens with two attached hydrogens (primary N) is 1. The van der Waals surface area contributed by atoms with Crippen molar-refractivity contribution in [3.8, 4) is 0 Å². The summed E-state index contributed by atoms with van der Waals surface area (Å²) in [4.78, 5) is 0. The van der Waals surface area contributed by atoms with Crippen molar-refractivity contribution in [2.45, 2.75) is 12.7 Å². The van der Waals surface area contributed by atoms with Gasteiger partial charge in [-0.2, -0.15) is 11.8 Å². The molecule has 1 atom stereocenters. The number of nitrogen functional groups attached to an aromatic ring is 1. The highest BCUT2D eigenvalue weighted by Gasteiger charge is 2.00. The molecular formula is C11H17NOS. The summed E-state index contributed by atoms with van der Waals surface area (Å²) in [5.74, 6) is 2.33. The largest absolute Gasteiger partial charge is 0.399 e. The van der Waals surface area contributed by atoms with Gasteiger partial charge in [0.1, 0.15) is 0 Å². The van der Waals surface area contributed by atoms with Crippen molar-refractivity contribution in [3.05, 3.63) is 29.8 Å². The van der Waals surface area contributed by atoms with Crippen LogP contribution in [0, 0.1) is 5.92 Å². The highest BCUT2D eigenvalue weighted by Crippen LogP contribution is 2.16. The Hall–Kier alpha value is -0.670. The molecule has 0 heterocycles. The summed E-state index contributed by atoms with van der Waals surface area (Å²) >= 11 is 1.83. The summed E-state index contributed by atoms with van der Waals surface area (Å²) in [5, 5.41) is 8.84. The van der Waals surface area contributed by atoms with Gasteiger partial charge in [-0.3, -0.25) is 0 Å². The zero-order valence-electron chi connectivity index (χ0n) is 8.44. The van der Waals surface area contributed by atoms with Crippen LogP contribution in [-0.2, 0) is 5.75 Å². The van der Waals surface area contributed by atoms with E-state index < -0.39 is 0 Å². The number of anilines is 1. The van der Waals surface area contributed by atoms with Crippen molar-refractivity contribution in [3.63, 3.8) is 0 Å². The van der Waals surface area contributed by atoms with Crippen LogP contribution in [-0.4, -0.2) is 17.5 Å². The SMILES string of the molecule is CC(CO)CSCc1cccc(N)c1. The third kappa shape index (κ3) is 4.03. The van der Waals surface area contributed by atoms with Gasteiger partial charge in [0.2, 0.25) is 0 Å². The first-order chi connectivity index (χ1) is 6.72. The van der Waals surface area contributed by atoms with E-state index in [1.807, 2.05) is 36.9 Å². The van der Waals surface area contributed by atoms with E-state index >= 15 is 0 Å². The van der Waals surface area contributed by atoms with Crippen molar-refractivity contribution in [1.82, 2.24) is 0 Å². The quantitative estimate of drug-likeness (QED) is 0.733. The van der Waals surface area contributed by atoms with Gasteiger partial charge in [-0.05, 0) is 29.4 Å². The normalized spacial score (nSPS) is 12.7. The van der Waals surface area contributed by atoms with E-state index in [0.717, 1.165) is 17.2 Å². The van der Waals surface area contributed by atoms with Crippen molar-refractivity contribution in [2.24, 2.45) is 5.92 Å². The maximum Gasteiger partial charge on any atom is 0.0464 e. The van der Waals surface area contributed by atoms with Gasteiger partial charge in [0.05, 0.1) is 0 Å². The van der Waals surface area contributed by atoms with Gasteiger partial charge < -0.3 is 10.8 Å². The van der Waals surface area contributed by atoms with E-state index in [1.165, 1.54) is 5.56 Å². The first-order valence-electron chi connectivity index (χ1n) is 4.75. The van der Waals surface area contributed by atoms with Crippen LogP contribution in [0.1, 0.15) is 12.5 Å².